The molecule has 0 radical (unpaired) electrons. The maximum Gasteiger partial charge on any atom is 0.221 e. The first-order valence-electron chi connectivity index (χ1n) is 7.29. The number of nitrogens with zero attached hydrogens (tertiary/aromatic N) is 1. The van der Waals surface area contributed by atoms with Crippen molar-refractivity contribution in [3.8, 4) is 0 Å². The number of thiol groups is 1. The minimum Gasteiger partial charge on any atom is -0.353 e. The van der Waals surface area contributed by atoms with Crippen molar-refractivity contribution in [2.45, 2.75) is 63.5 Å². The fraction of sp³-hybridized carbons (Fsp3) is 0.929. The molecular formula is C14H26N2OS. The number of rotatable bonds is 4. The molecule has 1 saturated heterocycles. The van der Waals surface area contributed by atoms with Gasteiger partial charge < -0.3 is 5.32 Å². The van der Waals surface area contributed by atoms with Crippen molar-refractivity contribution in [3.05, 3.63) is 0 Å². The Morgan fingerprint density at radius 1 is 1.33 bits per heavy atom. The van der Waals surface area contributed by atoms with E-state index >= 15 is 0 Å². The van der Waals surface area contributed by atoms with Crippen molar-refractivity contribution < 1.29 is 4.79 Å². The Bertz CT molecular complexity index is 282. The minimum atomic E-state index is 0.166. The van der Waals surface area contributed by atoms with E-state index in [1.54, 1.807) is 0 Å². The van der Waals surface area contributed by atoms with Crippen LogP contribution in [0.25, 0.3) is 0 Å². The van der Waals surface area contributed by atoms with Gasteiger partial charge in [0.1, 0.15) is 0 Å². The second-order valence-electron chi connectivity index (χ2n) is 6.01. The van der Waals surface area contributed by atoms with Crippen LogP contribution in [-0.2, 0) is 4.79 Å². The summed E-state index contributed by atoms with van der Waals surface area (Å²) in [6.45, 7) is 4.95. The highest BCUT2D eigenvalue weighted by atomic mass is 32.1. The number of hydrogen-bond donors (Lipinski definition) is 2. The van der Waals surface area contributed by atoms with E-state index in [-0.39, 0.29) is 5.91 Å². The van der Waals surface area contributed by atoms with Crippen LogP contribution in [0.2, 0.25) is 0 Å². The molecule has 1 heterocycles. The van der Waals surface area contributed by atoms with E-state index in [1.807, 2.05) is 0 Å². The lowest BCUT2D eigenvalue weighted by atomic mass is 9.79. The van der Waals surface area contributed by atoms with Crippen LogP contribution in [0.5, 0.6) is 0 Å². The normalized spacial score (nSPS) is 33.6. The predicted octanol–water partition coefficient (Wildman–Crippen LogP) is 2.22. The molecular weight excluding hydrogens is 244 g/mol. The molecule has 18 heavy (non-hydrogen) atoms. The van der Waals surface area contributed by atoms with Gasteiger partial charge in [-0.1, -0.05) is 0 Å². The Labute approximate surface area is 116 Å². The lowest BCUT2D eigenvalue weighted by molar-refractivity contribution is -0.121. The van der Waals surface area contributed by atoms with Gasteiger partial charge in [-0.2, -0.15) is 12.6 Å². The second kappa shape index (κ2) is 6.29. The third kappa shape index (κ3) is 3.41. The van der Waals surface area contributed by atoms with Crippen LogP contribution < -0.4 is 5.32 Å². The largest absolute Gasteiger partial charge is 0.353 e. The molecule has 1 saturated carbocycles. The third-order valence-corrected chi connectivity index (χ3v) is 4.86. The second-order valence-corrected chi connectivity index (χ2v) is 6.45. The highest BCUT2D eigenvalue weighted by Gasteiger charge is 2.37. The minimum absolute atomic E-state index is 0.166. The molecule has 0 atom stereocenters. The molecule has 1 aliphatic heterocycles. The maximum absolute atomic E-state index is 11.6. The molecule has 1 aliphatic carbocycles. The van der Waals surface area contributed by atoms with Crippen molar-refractivity contribution >= 4 is 18.5 Å². The Hall–Kier alpha value is -0.220. The number of amides is 1. The SMILES string of the molecule is CC1(N2CCCC2)CCC(NC(=O)CCS)CC1. The average Bonchev–Trinajstić information content (AvgIpc) is 2.87. The molecule has 0 aromatic carbocycles. The average molecular weight is 270 g/mol. The summed E-state index contributed by atoms with van der Waals surface area (Å²) in [5.41, 5.74) is 0.390. The van der Waals surface area contributed by atoms with Crippen molar-refractivity contribution in [2.75, 3.05) is 18.8 Å². The van der Waals surface area contributed by atoms with E-state index in [4.69, 9.17) is 0 Å². The van der Waals surface area contributed by atoms with Gasteiger partial charge in [0.05, 0.1) is 0 Å². The molecule has 2 rings (SSSR count). The van der Waals surface area contributed by atoms with Gasteiger partial charge in [0.15, 0.2) is 0 Å². The molecule has 0 bridgehead atoms. The van der Waals surface area contributed by atoms with Crippen LogP contribution in [0.15, 0.2) is 0 Å². The summed E-state index contributed by atoms with van der Waals surface area (Å²) in [5.74, 6) is 0.809. The van der Waals surface area contributed by atoms with E-state index in [1.165, 1.54) is 38.8 Å². The van der Waals surface area contributed by atoms with Gasteiger partial charge in [-0.15, -0.1) is 0 Å². The first-order valence-corrected chi connectivity index (χ1v) is 7.92. The standard InChI is InChI=1S/C14H26N2OS/c1-14(16-9-2-3-10-16)7-4-12(5-8-14)15-13(17)6-11-18/h12,18H,2-11H2,1H3,(H,15,17). The van der Waals surface area contributed by atoms with Gasteiger partial charge in [0.2, 0.25) is 5.91 Å². The Kier molecular flexibility index (Phi) is 4.96. The summed E-state index contributed by atoms with van der Waals surface area (Å²) in [6.07, 6.45) is 7.96. The van der Waals surface area contributed by atoms with E-state index in [9.17, 15) is 4.79 Å². The molecule has 1 amide bonds. The first-order chi connectivity index (χ1) is 8.64. The molecule has 3 nitrogen and oxygen atoms in total. The maximum atomic E-state index is 11.6. The van der Waals surface area contributed by atoms with E-state index in [0.29, 0.717) is 23.8 Å². The summed E-state index contributed by atoms with van der Waals surface area (Å²) in [5, 5.41) is 3.14. The molecule has 0 aromatic rings. The molecule has 104 valence electrons. The quantitative estimate of drug-likeness (QED) is 0.768. The molecule has 0 unspecified atom stereocenters. The fourth-order valence-electron chi connectivity index (χ4n) is 3.36. The number of hydrogen-bond acceptors (Lipinski definition) is 3. The van der Waals surface area contributed by atoms with Gasteiger partial charge >= 0.3 is 0 Å². The van der Waals surface area contributed by atoms with Gasteiger partial charge in [0.25, 0.3) is 0 Å². The molecule has 1 N–H and O–H groups in total. The zero-order chi connectivity index (χ0) is 13.0. The van der Waals surface area contributed by atoms with Crippen LogP contribution in [-0.4, -0.2) is 41.2 Å². The molecule has 0 aromatic heterocycles. The van der Waals surface area contributed by atoms with E-state index < -0.39 is 0 Å². The Morgan fingerprint density at radius 3 is 2.50 bits per heavy atom. The van der Waals surface area contributed by atoms with Crippen LogP contribution in [0.1, 0.15) is 51.9 Å². The van der Waals surface area contributed by atoms with Crippen LogP contribution in [0.3, 0.4) is 0 Å². The van der Waals surface area contributed by atoms with E-state index in [2.05, 4.69) is 29.8 Å². The van der Waals surface area contributed by atoms with Gasteiger partial charge in [0, 0.05) is 18.0 Å². The van der Waals surface area contributed by atoms with Crippen molar-refractivity contribution in [3.63, 3.8) is 0 Å². The smallest absolute Gasteiger partial charge is 0.221 e. The van der Waals surface area contributed by atoms with Gasteiger partial charge in [-0.05, 0) is 64.3 Å². The Morgan fingerprint density at radius 2 is 1.94 bits per heavy atom. The summed E-state index contributed by atoms with van der Waals surface area (Å²) < 4.78 is 0. The topological polar surface area (TPSA) is 32.3 Å². The van der Waals surface area contributed by atoms with E-state index in [0.717, 1.165) is 12.8 Å². The lowest BCUT2D eigenvalue weighted by Crippen LogP contribution is -2.50. The highest BCUT2D eigenvalue weighted by molar-refractivity contribution is 7.80. The summed E-state index contributed by atoms with van der Waals surface area (Å²) in [7, 11) is 0. The molecule has 2 aliphatic rings. The first kappa shape index (κ1) is 14.2. The lowest BCUT2D eigenvalue weighted by Gasteiger charge is -2.44. The monoisotopic (exact) mass is 270 g/mol. The predicted molar refractivity (Wildman–Crippen MR) is 78.1 cm³/mol. The highest BCUT2D eigenvalue weighted by Crippen LogP contribution is 2.35. The fourth-order valence-corrected chi connectivity index (χ4v) is 3.56. The third-order valence-electron chi connectivity index (χ3n) is 4.64. The van der Waals surface area contributed by atoms with Gasteiger partial charge in [-0.3, -0.25) is 9.69 Å². The van der Waals surface area contributed by atoms with Crippen molar-refractivity contribution in [2.24, 2.45) is 0 Å². The number of nitrogens with one attached hydrogen (secondary N) is 1. The number of carbonyl (C=O) groups excluding carboxylic acids is 1. The summed E-state index contributed by atoms with van der Waals surface area (Å²) in [4.78, 5) is 14.2. The number of likely N-dealkylation sites (tertiary alicyclic amines) is 1. The van der Waals surface area contributed by atoms with Crippen LogP contribution in [0, 0.1) is 0 Å². The molecule has 4 heteroatoms. The summed E-state index contributed by atoms with van der Waals surface area (Å²) >= 11 is 4.10. The zero-order valence-electron chi connectivity index (χ0n) is 11.5. The van der Waals surface area contributed by atoms with Crippen molar-refractivity contribution in [1.29, 1.82) is 0 Å². The summed E-state index contributed by atoms with van der Waals surface area (Å²) in [6, 6.07) is 0.396. The van der Waals surface area contributed by atoms with Crippen LogP contribution >= 0.6 is 12.6 Å². The Balaban J connectivity index is 1.78. The van der Waals surface area contributed by atoms with Gasteiger partial charge in [-0.25, -0.2) is 0 Å². The van der Waals surface area contributed by atoms with Crippen LogP contribution in [0.4, 0.5) is 0 Å². The number of carbonyl (C=O) groups is 1. The molecule has 2 fully saturated rings. The zero-order valence-corrected chi connectivity index (χ0v) is 12.3. The van der Waals surface area contributed by atoms with Crippen molar-refractivity contribution in [1.82, 2.24) is 10.2 Å². The molecule has 0 spiro atoms.